The average molecular weight is 293 g/mol. The van der Waals surface area contributed by atoms with Crippen molar-refractivity contribution in [1.29, 1.82) is 0 Å². The summed E-state index contributed by atoms with van der Waals surface area (Å²) in [7, 11) is 0. The van der Waals surface area contributed by atoms with E-state index in [0.717, 1.165) is 18.4 Å². The van der Waals surface area contributed by atoms with Crippen molar-refractivity contribution in [1.82, 2.24) is 9.97 Å². The highest BCUT2D eigenvalue weighted by Gasteiger charge is 2.42. The van der Waals surface area contributed by atoms with Gasteiger partial charge in [0.1, 0.15) is 17.7 Å². The first-order valence-electron chi connectivity index (χ1n) is 7.44. The first-order valence-corrected chi connectivity index (χ1v) is 7.44. The Kier molecular flexibility index (Phi) is 4.65. The molecule has 0 aliphatic heterocycles. The zero-order valence-electron chi connectivity index (χ0n) is 12.8. The van der Waals surface area contributed by atoms with Crippen molar-refractivity contribution < 1.29 is 14.6 Å². The Balaban J connectivity index is 2.29. The molecule has 1 aliphatic carbocycles. The fraction of sp³-hybridized carbons (Fsp3) is 0.667. The Morgan fingerprint density at radius 3 is 2.95 bits per heavy atom. The lowest BCUT2D eigenvalue weighted by molar-refractivity contribution is -0.144. The fourth-order valence-corrected chi connectivity index (χ4v) is 2.98. The third kappa shape index (κ3) is 3.25. The zero-order valence-corrected chi connectivity index (χ0v) is 12.8. The molecule has 116 valence electrons. The number of aliphatic carboxylic acids is 1. The highest BCUT2D eigenvalue weighted by molar-refractivity contribution is 5.83. The van der Waals surface area contributed by atoms with Crippen molar-refractivity contribution in [2.24, 2.45) is 5.92 Å². The SMILES string of the molecule is CCOc1ncnc(NC2(C(=O)O)CCCC(C)C2)c1C. The zero-order chi connectivity index (χ0) is 15.5. The number of ether oxygens (including phenoxy) is 1. The van der Waals surface area contributed by atoms with Crippen molar-refractivity contribution in [2.75, 3.05) is 11.9 Å². The number of nitrogens with zero attached hydrogens (tertiary/aromatic N) is 2. The Morgan fingerprint density at radius 2 is 2.33 bits per heavy atom. The molecule has 0 amide bonds. The largest absolute Gasteiger partial charge is 0.480 e. The van der Waals surface area contributed by atoms with Gasteiger partial charge < -0.3 is 15.2 Å². The van der Waals surface area contributed by atoms with Gasteiger partial charge in [-0.1, -0.05) is 19.8 Å². The van der Waals surface area contributed by atoms with Crippen molar-refractivity contribution >= 4 is 11.8 Å². The molecule has 2 atom stereocenters. The summed E-state index contributed by atoms with van der Waals surface area (Å²) < 4.78 is 5.44. The van der Waals surface area contributed by atoms with Crippen LogP contribution in [-0.4, -0.2) is 33.2 Å². The maximum absolute atomic E-state index is 11.8. The first kappa shape index (κ1) is 15.5. The molecule has 1 aromatic rings. The number of aromatic nitrogens is 2. The molecule has 0 bridgehead atoms. The molecular weight excluding hydrogens is 270 g/mol. The molecule has 1 saturated carbocycles. The molecular formula is C15H23N3O3. The summed E-state index contributed by atoms with van der Waals surface area (Å²) in [6, 6.07) is 0. The third-order valence-electron chi connectivity index (χ3n) is 4.08. The van der Waals surface area contributed by atoms with Gasteiger partial charge in [-0.3, -0.25) is 0 Å². The molecule has 1 aromatic heterocycles. The number of carboxylic acids is 1. The molecule has 6 nitrogen and oxygen atoms in total. The van der Waals surface area contributed by atoms with Gasteiger partial charge in [-0.15, -0.1) is 0 Å². The maximum Gasteiger partial charge on any atom is 0.329 e. The topological polar surface area (TPSA) is 84.3 Å². The normalized spacial score (nSPS) is 25.4. The van der Waals surface area contributed by atoms with Crippen LogP contribution in [0.2, 0.25) is 0 Å². The molecule has 1 aliphatic rings. The minimum Gasteiger partial charge on any atom is -0.480 e. The van der Waals surface area contributed by atoms with Gasteiger partial charge in [0.05, 0.1) is 12.2 Å². The van der Waals surface area contributed by atoms with Crippen LogP contribution in [0.3, 0.4) is 0 Å². The second-order valence-electron chi connectivity index (χ2n) is 5.80. The summed E-state index contributed by atoms with van der Waals surface area (Å²) in [6.07, 6.45) is 4.60. The van der Waals surface area contributed by atoms with Gasteiger partial charge in [0.15, 0.2) is 0 Å². The predicted octanol–water partition coefficient (Wildman–Crippen LogP) is 2.63. The van der Waals surface area contributed by atoms with Crippen LogP contribution in [0.5, 0.6) is 5.88 Å². The summed E-state index contributed by atoms with van der Waals surface area (Å²) in [6.45, 7) is 6.33. The van der Waals surface area contributed by atoms with Gasteiger partial charge in [0.2, 0.25) is 5.88 Å². The van der Waals surface area contributed by atoms with E-state index in [0.29, 0.717) is 37.1 Å². The summed E-state index contributed by atoms with van der Waals surface area (Å²) >= 11 is 0. The molecule has 0 saturated heterocycles. The first-order chi connectivity index (χ1) is 9.98. The molecule has 1 fully saturated rings. The number of anilines is 1. The van der Waals surface area contributed by atoms with Gasteiger partial charge in [-0.2, -0.15) is 0 Å². The van der Waals surface area contributed by atoms with E-state index in [2.05, 4.69) is 22.2 Å². The highest BCUT2D eigenvalue weighted by atomic mass is 16.5. The van der Waals surface area contributed by atoms with Crippen molar-refractivity contribution in [2.45, 2.75) is 52.0 Å². The second-order valence-corrected chi connectivity index (χ2v) is 5.80. The van der Waals surface area contributed by atoms with Crippen LogP contribution in [0.25, 0.3) is 0 Å². The highest BCUT2D eigenvalue weighted by Crippen LogP contribution is 2.36. The minimum atomic E-state index is -0.944. The van der Waals surface area contributed by atoms with Crippen molar-refractivity contribution in [3.05, 3.63) is 11.9 Å². The molecule has 1 heterocycles. The Hall–Kier alpha value is -1.85. The molecule has 21 heavy (non-hydrogen) atoms. The van der Waals surface area contributed by atoms with E-state index in [1.165, 1.54) is 6.33 Å². The number of carboxylic acid groups (broad SMARTS) is 1. The summed E-state index contributed by atoms with van der Waals surface area (Å²) in [5.41, 5.74) is -0.196. The predicted molar refractivity (Wildman–Crippen MR) is 79.6 cm³/mol. The van der Waals surface area contributed by atoms with Gasteiger partial charge in [0.25, 0.3) is 0 Å². The van der Waals surface area contributed by atoms with E-state index >= 15 is 0 Å². The van der Waals surface area contributed by atoms with Crippen LogP contribution in [0.15, 0.2) is 6.33 Å². The van der Waals surface area contributed by atoms with Gasteiger partial charge >= 0.3 is 5.97 Å². The summed E-state index contributed by atoms with van der Waals surface area (Å²) in [4.78, 5) is 20.1. The van der Waals surface area contributed by atoms with Crippen LogP contribution >= 0.6 is 0 Å². The molecule has 2 rings (SSSR count). The van der Waals surface area contributed by atoms with Crippen LogP contribution in [0.1, 0.15) is 45.1 Å². The molecule has 2 unspecified atom stereocenters. The van der Waals surface area contributed by atoms with E-state index in [-0.39, 0.29) is 0 Å². The van der Waals surface area contributed by atoms with E-state index < -0.39 is 11.5 Å². The number of hydrogen-bond acceptors (Lipinski definition) is 5. The summed E-state index contributed by atoms with van der Waals surface area (Å²) in [5, 5.41) is 12.9. The third-order valence-corrected chi connectivity index (χ3v) is 4.08. The Bertz CT molecular complexity index is 521. The number of hydrogen-bond donors (Lipinski definition) is 2. The van der Waals surface area contributed by atoms with Crippen molar-refractivity contribution in [3.63, 3.8) is 0 Å². The lowest BCUT2D eigenvalue weighted by Crippen LogP contribution is -2.50. The van der Waals surface area contributed by atoms with Crippen LogP contribution < -0.4 is 10.1 Å². The fourth-order valence-electron chi connectivity index (χ4n) is 2.98. The smallest absolute Gasteiger partial charge is 0.329 e. The molecule has 0 radical (unpaired) electrons. The van der Waals surface area contributed by atoms with Gasteiger partial charge in [0, 0.05) is 0 Å². The number of rotatable bonds is 5. The standard InChI is InChI=1S/C15H23N3O3/c1-4-21-13-11(3)12(16-9-17-13)18-15(14(19)20)7-5-6-10(2)8-15/h9-10H,4-8H2,1-3H3,(H,19,20)(H,16,17,18). The molecule has 2 N–H and O–H groups in total. The lowest BCUT2D eigenvalue weighted by Gasteiger charge is -2.37. The molecule has 6 heteroatoms. The minimum absolute atomic E-state index is 0.385. The van der Waals surface area contributed by atoms with Crippen molar-refractivity contribution in [3.8, 4) is 5.88 Å². The van der Waals surface area contributed by atoms with E-state index in [1.807, 2.05) is 13.8 Å². The number of nitrogens with one attached hydrogen (secondary N) is 1. The van der Waals surface area contributed by atoms with Crippen LogP contribution in [0, 0.1) is 12.8 Å². The van der Waals surface area contributed by atoms with E-state index in [1.54, 1.807) is 0 Å². The van der Waals surface area contributed by atoms with Gasteiger partial charge in [-0.25, -0.2) is 14.8 Å². The average Bonchev–Trinajstić information content (AvgIpc) is 2.43. The van der Waals surface area contributed by atoms with E-state index in [9.17, 15) is 9.90 Å². The second kappa shape index (κ2) is 6.28. The number of carbonyl (C=O) groups is 1. The van der Waals surface area contributed by atoms with Crippen LogP contribution in [0.4, 0.5) is 5.82 Å². The Labute approximate surface area is 124 Å². The molecule has 0 aromatic carbocycles. The molecule has 0 spiro atoms. The van der Waals surface area contributed by atoms with Gasteiger partial charge in [-0.05, 0) is 32.6 Å². The lowest BCUT2D eigenvalue weighted by atomic mass is 9.76. The quantitative estimate of drug-likeness (QED) is 0.868. The van der Waals surface area contributed by atoms with E-state index in [4.69, 9.17) is 4.74 Å². The van der Waals surface area contributed by atoms with Crippen LogP contribution in [-0.2, 0) is 4.79 Å². The maximum atomic E-state index is 11.8. The monoisotopic (exact) mass is 293 g/mol. The Morgan fingerprint density at radius 1 is 1.57 bits per heavy atom. The summed E-state index contributed by atoms with van der Waals surface area (Å²) in [5.74, 6) is 0.616.